The van der Waals surface area contributed by atoms with E-state index in [1.54, 1.807) is 0 Å². The molecule has 3 aromatic rings. The van der Waals surface area contributed by atoms with Crippen LogP contribution in [0.15, 0.2) is 12.3 Å². The van der Waals surface area contributed by atoms with Crippen molar-refractivity contribution in [3.63, 3.8) is 0 Å². The molecule has 6 rings (SSSR count). The molecular weight excluding hydrogens is 525 g/mol. The summed E-state index contributed by atoms with van der Waals surface area (Å²) in [5.74, 6) is -1.74. The molecule has 208 valence electrons. The van der Waals surface area contributed by atoms with Gasteiger partial charge in [-0.25, -0.2) is 0 Å². The van der Waals surface area contributed by atoms with E-state index < -0.39 is 11.9 Å². The van der Waals surface area contributed by atoms with Crippen molar-refractivity contribution in [3.8, 4) is 0 Å². The minimum atomic E-state index is -1.05. The van der Waals surface area contributed by atoms with E-state index >= 15 is 0 Å². The van der Waals surface area contributed by atoms with Gasteiger partial charge in [-0.1, -0.05) is 73.4 Å². The van der Waals surface area contributed by atoms with Crippen LogP contribution in [0.1, 0.15) is 81.7 Å². The number of hydrogen-bond donors (Lipinski definition) is 0. The minimum Gasteiger partial charge on any atom is -0.681 e. The Morgan fingerprint density at radius 2 is 1.80 bits per heavy atom. The van der Waals surface area contributed by atoms with Gasteiger partial charge in [0.15, 0.2) is 5.78 Å². The molecule has 0 saturated carbocycles. The molecule has 5 heterocycles. The largest absolute Gasteiger partial charge is 2.00 e. The number of fused-ring (bicyclic) bond motifs is 7. The molecule has 0 radical (unpaired) electrons. The normalized spacial score (nSPS) is 26.0. The zero-order chi connectivity index (χ0) is 28.6. The molecule has 0 amide bonds. The van der Waals surface area contributed by atoms with Gasteiger partial charge < -0.3 is 25.0 Å². The Bertz CT molecular complexity index is 1770. The molecular formula is C33H34MgN4O3-2. The molecule has 1 aliphatic carbocycles. The second-order valence-corrected chi connectivity index (χ2v) is 11.3. The van der Waals surface area contributed by atoms with E-state index in [9.17, 15) is 9.59 Å². The van der Waals surface area contributed by atoms with E-state index in [1.165, 1.54) is 12.7 Å². The summed E-state index contributed by atoms with van der Waals surface area (Å²) in [5.41, 5.74) is 10.2. The Hall–Kier alpha value is -3.23. The van der Waals surface area contributed by atoms with Crippen molar-refractivity contribution in [2.75, 3.05) is 7.11 Å². The molecule has 0 N–H and O–H groups in total. The van der Waals surface area contributed by atoms with Gasteiger partial charge in [-0.05, 0) is 51.0 Å². The first-order valence-electron chi connectivity index (χ1n) is 14.0. The molecule has 41 heavy (non-hydrogen) atoms. The standard InChI is InChI=1S/C33H35N4O3.Mg/c1-9-19-16(5)22-11-21-14(3)15(4)30(36-21)28-29(33(39)40-8)32(38)27-18(7)24(37-31(27)28)13-26-20(10-2)17(6)23(35-26)12-25(19)34-22;/h9,11-12,14-15,21,29H,1,10,13H2,2-8H3,(H-,36,37,38);/q-3;+2/p-1/b22-11-,25-12-;/t14-,15-,21?,29+;/m0./s1. The summed E-state index contributed by atoms with van der Waals surface area (Å²) < 4.78 is 5.12. The number of ether oxygens (including phenoxy) is 1. The van der Waals surface area contributed by atoms with Crippen molar-refractivity contribution in [1.82, 2.24) is 15.0 Å². The second kappa shape index (κ2) is 10.6. The van der Waals surface area contributed by atoms with Gasteiger partial charge in [-0.3, -0.25) is 9.59 Å². The number of nitrogens with zero attached hydrogens (tertiary/aromatic N) is 4. The number of ketones is 1. The van der Waals surface area contributed by atoms with E-state index in [-0.39, 0.29) is 46.7 Å². The summed E-state index contributed by atoms with van der Waals surface area (Å²) in [6.45, 7) is 16.5. The van der Waals surface area contributed by atoms with Crippen LogP contribution in [0.4, 0.5) is 0 Å². The number of esters is 1. The van der Waals surface area contributed by atoms with Crippen LogP contribution < -0.4 is 25.7 Å². The smallest absolute Gasteiger partial charge is 0.681 e. The average molecular weight is 559 g/mol. The number of Topliss-reactive ketones (excluding diaryl/α,β-unsaturated/α-hetero) is 1. The van der Waals surface area contributed by atoms with Crippen molar-refractivity contribution in [1.29, 1.82) is 0 Å². The number of hydrogen-bond acceptors (Lipinski definition) is 3. The van der Waals surface area contributed by atoms with Crippen LogP contribution in [-0.2, 0) is 22.4 Å². The molecule has 1 unspecified atom stereocenters. The molecule has 7 nitrogen and oxygen atoms in total. The van der Waals surface area contributed by atoms with E-state index in [1.807, 2.05) is 13.0 Å². The first kappa shape index (κ1) is 29.3. The first-order valence-corrected chi connectivity index (χ1v) is 14.0. The maximum atomic E-state index is 13.8. The van der Waals surface area contributed by atoms with Crippen molar-refractivity contribution in [2.24, 2.45) is 17.8 Å². The molecule has 4 atom stereocenters. The number of allylic oxidation sites excluding steroid dienone is 1. The van der Waals surface area contributed by atoms with Gasteiger partial charge in [0.2, 0.25) is 0 Å². The SMILES string of the molecule is C=Cc1c(C)/c2[n-]/c1=C\c1[n-]c(c(CC)c1C)Cc1[n-]c3c(c1C)C(=O)[C@H](C(=O)OC)/C3=C1/[N-]C(\C=2)[C@@H](C)[C@@H]1C.[Mg+2]. The van der Waals surface area contributed by atoms with E-state index in [0.717, 1.165) is 62.2 Å². The molecule has 1 fully saturated rings. The van der Waals surface area contributed by atoms with Gasteiger partial charge in [0, 0.05) is 5.56 Å². The fourth-order valence-corrected chi connectivity index (χ4v) is 6.74. The molecule has 2 aliphatic heterocycles. The number of methoxy groups -OCH3 is 1. The fourth-order valence-electron chi connectivity index (χ4n) is 6.74. The summed E-state index contributed by atoms with van der Waals surface area (Å²) in [4.78, 5) is 42.0. The molecule has 1 saturated heterocycles. The summed E-state index contributed by atoms with van der Waals surface area (Å²) in [5, 5.41) is 6.86. The van der Waals surface area contributed by atoms with Gasteiger partial charge in [0.25, 0.3) is 0 Å². The summed E-state index contributed by atoms with van der Waals surface area (Å²) in [7, 11) is 1.32. The number of aromatic nitrogens is 3. The fraction of sp³-hybridized carbons (Fsp3) is 0.394. The van der Waals surface area contributed by atoms with Gasteiger partial charge >= 0.3 is 29.0 Å². The van der Waals surface area contributed by atoms with Crippen LogP contribution in [-0.4, -0.2) is 48.0 Å². The second-order valence-electron chi connectivity index (χ2n) is 11.3. The Kier molecular flexibility index (Phi) is 7.53. The Morgan fingerprint density at radius 3 is 2.46 bits per heavy atom. The van der Waals surface area contributed by atoms with Gasteiger partial charge in [0.1, 0.15) is 5.92 Å². The van der Waals surface area contributed by atoms with Gasteiger partial charge in [-0.15, -0.1) is 28.2 Å². The number of carbonyl (C=O) groups is 2. The third kappa shape index (κ3) is 4.21. The molecule has 3 aliphatic rings. The quantitative estimate of drug-likeness (QED) is 0.278. The maximum Gasteiger partial charge on any atom is 2.00 e. The van der Waals surface area contributed by atoms with Crippen LogP contribution in [0.25, 0.3) is 29.1 Å². The van der Waals surface area contributed by atoms with E-state index in [0.29, 0.717) is 23.3 Å². The monoisotopic (exact) mass is 558 g/mol. The zero-order valence-corrected chi connectivity index (χ0v) is 26.3. The summed E-state index contributed by atoms with van der Waals surface area (Å²) >= 11 is 0. The number of rotatable bonds is 3. The van der Waals surface area contributed by atoms with Crippen molar-refractivity contribution in [2.45, 2.75) is 60.4 Å². The zero-order valence-electron chi connectivity index (χ0n) is 24.9. The average Bonchev–Trinajstić information content (AvgIpc) is 3.66. The Labute approximate surface area is 256 Å². The third-order valence-electron chi connectivity index (χ3n) is 9.34. The molecule has 0 spiro atoms. The molecule has 3 aromatic heterocycles. The van der Waals surface area contributed by atoms with Crippen molar-refractivity contribution >= 4 is 58.6 Å². The summed E-state index contributed by atoms with van der Waals surface area (Å²) in [6, 6.07) is -0.172. The maximum absolute atomic E-state index is 13.8. The van der Waals surface area contributed by atoms with E-state index in [2.05, 4.69) is 53.3 Å². The topological polar surface area (TPSA) is 99.8 Å². The van der Waals surface area contributed by atoms with Gasteiger partial charge in [0.05, 0.1) is 7.11 Å². The van der Waals surface area contributed by atoms with Crippen LogP contribution in [0.2, 0.25) is 0 Å². The predicted molar refractivity (Wildman–Crippen MR) is 161 cm³/mol. The molecule has 0 aromatic carbocycles. The van der Waals surface area contributed by atoms with Crippen LogP contribution in [0.5, 0.6) is 0 Å². The van der Waals surface area contributed by atoms with Crippen LogP contribution in [0, 0.1) is 38.5 Å². The number of carbonyl (C=O) groups excluding carboxylic acids is 2. The van der Waals surface area contributed by atoms with Gasteiger partial charge in [-0.2, -0.15) is 17.1 Å². The molecule has 8 bridgehead atoms. The first-order chi connectivity index (χ1) is 19.1. The third-order valence-corrected chi connectivity index (χ3v) is 9.34. The summed E-state index contributed by atoms with van der Waals surface area (Å²) in [6.07, 6.45) is 7.35. The minimum absolute atomic E-state index is 0. The molecule has 8 heteroatoms. The van der Waals surface area contributed by atoms with E-state index in [4.69, 9.17) is 25.0 Å². The van der Waals surface area contributed by atoms with Crippen LogP contribution in [0.3, 0.4) is 0 Å². The van der Waals surface area contributed by atoms with Crippen molar-refractivity contribution in [3.05, 3.63) is 84.4 Å². The Morgan fingerprint density at radius 1 is 1.07 bits per heavy atom. The van der Waals surface area contributed by atoms with Crippen LogP contribution >= 0.6 is 0 Å². The Balaban J connectivity index is 0.00000337. The van der Waals surface area contributed by atoms with Crippen molar-refractivity contribution < 1.29 is 14.3 Å². The predicted octanol–water partition coefficient (Wildman–Crippen LogP) is 3.25.